The van der Waals surface area contributed by atoms with Crippen LogP contribution in [0.3, 0.4) is 0 Å². The van der Waals surface area contributed by atoms with Crippen LogP contribution in [0.15, 0.2) is 0 Å². The first-order valence-corrected chi connectivity index (χ1v) is 6.77. The maximum Gasteiger partial charge on any atom is 0.315 e. The summed E-state index contributed by atoms with van der Waals surface area (Å²) in [6, 6.07) is -0.171. The van der Waals surface area contributed by atoms with Gasteiger partial charge in [-0.15, -0.1) is 0 Å². The Bertz CT molecular complexity index is 323. The van der Waals surface area contributed by atoms with E-state index in [1.165, 1.54) is 0 Å². The molecule has 6 heteroatoms. The van der Waals surface area contributed by atoms with Crippen molar-refractivity contribution in [3.8, 4) is 0 Å². The fraction of sp³-hybridized carbons (Fsp3) is 0.846. The van der Waals surface area contributed by atoms with E-state index in [2.05, 4.69) is 10.6 Å². The third kappa shape index (κ3) is 6.42. The fourth-order valence-corrected chi connectivity index (χ4v) is 2.23. The Morgan fingerprint density at radius 1 is 1.21 bits per heavy atom. The van der Waals surface area contributed by atoms with Crippen LogP contribution >= 0.6 is 0 Å². The summed E-state index contributed by atoms with van der Waals surface area (Å²) in [6.45, 7) is 3.61. The van der Waals surface area contributed by atoms with Gasteiger partial charge in [-0.3, -0.25) is 4.79 Å². The van der Waals surface area contributed by atoms with Crippen LogP contribution in [0.1, 0.15) is 52.4 Å². The average molecular weight is 272 g/mol. The molecule has 0 aromatic rings. The van der Waals surface area contributed by atoms with Gasteiger partial charge >= 0.3 is 12.0 Å². The van der Waals surface area contributed by atoms with Crippen molar-refractivity contribution in [2.24, 2.45) is 0 Å². The van der Waals surface area contributed by atoms with E-state index in [0.717, 1.165) is 12.8 Å². The van der Waals surface area contributed by atoms with Crippen LogP contribution in [0.2, 0.25) is 0 Å². The highest BCUT2D eigenvalue weighted by molar-refractivity contribution is 5.75. The summed E-state index contributed by atoms with van der Waals surface area (Å²) in [5.41, 5.74) is -0.545. The lowest BCUT2D eigenvalue weighted by Gasteiger charge is -2.30. The number of rotatable bonds is 5. The van der Waals surface area contributed by atoms with E-state index >= 15 is 0 Å². The van der Waals surface area contributed by atoms with Crippen molar-refractivity contribution in [3.63, 3.8) is 0 Å². The normalized spacial score (nSPS) is 23.7. The van der Waals surface area contributed by atoms with Gasteiger partial charge in [0.15, 0.2) is 0 Å². The number of carbonyl (C=O) groups excluding carboxylic acids is 1. The zero-order chi connectivity index (χ0) is 14.5. The lowest BCUT2D eigenvalue weighted by atomic mass is 9.93. The van der Waals surface area contributed by atoms with E-state index in [1.54, 1.807) is 13.8 Å². The maximum absolute atomic E-state index is 11.8. The van der Waals surface area contributed by atoms with Crippen molar-refractivity contribution in [2.75, 3.05) is 0 Å². The van der Waals surface area contributed by atoms with Gasteiger partial charge in [0, 0.05) is 18.0 Å². The molecule has 1 fully saturated rings. The summed E-state index contributed by atoms with van der Waals surface area (Å²) in [5, 5.41) is 23.7. The standard InChI is InChI=1S/C13H24N2O4/c1-13(2,8-7-11(17)18)15-12(19)14-9-3-5-10(16)6-4-9/h9-10,16H,3-8H2,1-2H3,(H,17,18)(H2,14,15,19). The molecular weight excluding hydrogens is 248 g/mol. The van der Waals surface area contributed by atoms with Crippen LogP contribution in [0.5, 0.6) is 0 Å². The minimum Gasteiger partial charge on any atom is -0.481 e. The average Bonchev–Trinajstić information content (AvgIpc) is 2.29. The molecule has 1 rings (SSSR count). The number of aliphatic carboxylic acids is 1. The number of amides is 2. The van der Waals surface area contributed by atoms with Crippen molar-refractivity contribution in [1.29, 1.82) is 0 Å². The molecule has 0 aliphatic heterocycles. The number of hydrogen-bond donors (Lipinski definition) is 4. The predicted octanol–water partition coefficient (Wildman–Crippen LogP) is 1.23. The van der Waals surface area contributed by atoms with Crippen LogP contribution in [0.25, 0.3) is 0 Å². The van der Waals surface area contributed by atoms with Gasteiger partial charge in [-0.2, -0.15) is 0 Å². The molecule has 1 aliphatic rings. The molecule has 19 heavy (non-hydrogen) atoms. The first kappa shape index (κ1) is 15.8. The Balaban J connectivity index is 2.31. The number of carboxylic acid groups (broad SMARTS) is 1. The van der Waals surface area contributed by atoms with E-state index < -0.39 is 11.5 Å². The second-order valence-corrected chi connectivity index (χ2v) is 5.88. The number of nitrogens with one attached hydrogen (secondary N) is 2. The molecule has 110 valence electrons. The highest BCUT2D eigenvalue weighted by atomic mass is 16.4. The van der Waals surface area contributed by atoms with Gasteiger partial charge in [0.25, 0.3) is 0 Å². The zero-order valence-electron chi connectivity index (χ0n) is 11.6. The lowest BCUT2D eigenvalue weighted by molar-refractivity contribution is -0.137. The molecule has 0 radical (unpaired) electrons. The lowest BCUT2D eigenvalue weighted by Crippen LogP contribution is -2.51. The Labute approximate surface area is 113 Å². The van der Waals surface area contributed by atoms with E-state index in [4.69, 9.17) is 5.11 Å². The monoisotopic (exact) mass is 272 g/mol. The summed E-state index contributed by atoms with van der Waals surface area (Å²) >= 11 is 0. The SMILES string of the molecule is CC(C)(CCC(=O)O)NC(=O)NC1CCC(O)CC1. The smallest absolute Gasteiger partial charge is 0.315 e. The minimum absolute atomic E-state index is 0.0307. The van der Waals surface area contributed by atoms with Gasteiger partial charge < -0.3 is 20.8 Å². The molecule has 0 saturated heterocycles. The largest absolute Gasteiger partial charge is 0.481 e. The Morgan fingerprint density at radius 2 is 1.79 bits per heavy atom. The number of aliphatic hydroxyl groups excluding tert-OH is 1. The van der Waals surface area contributed by atoms with E-state index in [1.807, 2.05) is 0 Å². The molecule has 0 heterocycles. The minimum atomic E-state index is -0.864. The number of aliphatic hydroxyl groups is 1. The quantitative estimate of drug-likeness (QED) is 0.605. The third-order valence-corrected chi connectivity index (χ3v) is 3.45. The molecule has 0 unspecified atom stereocenters. The van der Waals surface area contributed by atoms with Crippen LogP contribution in [-0.4, -0.2) is 39.9 Å². The molecular formula is C13H24N2O4. The topological polar surface area (TPSA) is 98.7 Å². The van der Waals surface area contributed by atoms with E-state index in [9.17, 15) is 14.7 Å². The van der Waals surface area contributed by atoms with Crippen LogP contribution in [-0.2, 0) is 4.79 Å². The highest BCUT2D eigenvalue weighted by Gasteiger charge is 2.24. The van der Waals surface area contributed by atoms with Crippen molar-refractivity contribution in [3.05, 3.63) is 0 Å². The van der Waals surface area contributed by atoms with Crippen molar-refractivity contribution < 1.29 is 19.8 Å². The van der Waals surface area contributed by atoms with Gasteiger partial charge in [-0.25, -0.2) is 4.79 Å². The second kappa shape index (κ2) is 6.75. The maximum atomic E-state index is 11.8. The number of carbonyl (C=O) groups is 2. The zero-order valence-corrected chi connectivity index (χ0v) is 11.6. The summed E-state index contributed by atoms with van der Waals surface area (Å²) in [7, 11) is 0. The van der Waals surface area contributed by atoms with Gasteiger partial charge in [0.05, 0.1) is 6.10 Å². The molecule has 6 nitrogen and oxygen atoms in total. The molecule has 1 aliphatic carbocycles. The molecule has 1 saturated carbocycles. The molecule has 0 spiro atoms. The molecule has 0 bridgehead atoms. The molecule has 0 atom stereocenters. The van der Waals surface area contributed by atoms with Crippen LogP contribution < -0.4 is 10.6 Å². The third-order valence-electron chi connectivity index (χ3n) is 3.45. The van der Waals surface area contributed by atoms with Crippen LogP contribution in [0, 0.1) is 0 Å². The Kier molecular flexibility index (Phi) is 5.60. The molecule has 2 amide bonds. The highest BCUT2D eigenvalue weighted by Crippen LogP contribution is 2.18. The molecule has 4 N–H and O–H groups in total. The van der Waals surface area contributed by atoms with Crippen LogP contribution in [0.4, 0.5) is 4.79 Å². The molecule has 0 aromatic heterocycles. The first-order chi connectivity index (χ1) is 8.78. The number of carboxylic acids is 1. The van der Waals surface area contributed by atoms with Gasteiger partial charge in [0.1, 0.15) is 0 Å². The fourth-order valence-electron chi connectivity index (χ4n) is 2.23. The predicted molar refractivity (Wildman–Crippen MR) is 70.9 cm³/mol. The second-order valence-electron chi connectivity index (χ2n) is 5.88. The number of hydrogen-bond acceptors (Lipinski definition) is 3. The van der Waals surface area contributed by atoms with Crippen molar-refractivity contribution >= 4 is 12.0 Å². The summed E-state index contributed by atoms with van der Waals surface area (Å²) < 4.78 is 0. The Morgan fingerprint density at radius 3 is 2.32 bits per heavy atom. The van der Waals surface area contributed by atoms with Crippen molar-refractivity contribution in [1.82, 2.24) is 10.6 Å². The van der Waals surface area contributed by atoms with Gasteiger partial charge in [-0.1, -0.05) is 0 Å². The number of urea groups is 1. The van der Waals surface area contributed by atoms with Crippen molar-refractivity contribution in [2.45, 2.75) is 70.1 Å². The summed E-state index contributed by atoms with van der Waals surface area (Å²) in [5.74, 6) is -0.864. The van der Waals surface area contributed by atoms with Gasteiger partial charge in [-0.05, 0) is 46.0 Å². The summed E-state index contributed by atoms with van der Waals surface area (Å²) in [4.78, 5) is 22.3. The Hall–Kier alpha value is -1.30. The molecule has 0 aromatic carbocycles. The summed E-state index contributed by atoms with van der Waals surface area (Å²) in [6.07, 6.45) is 3.17. The van der Waals surface area contributed by atoms with E-state index in [-0.39, 0.29) is 24.6 Å². The first-order valence-electron chi connectivity index (χ1n) is 6.77. The van der Waals surface area contributed by atoms with Gasteiger partial charge in [0.2, 0.25) is 0 Å². The van der Waals surface area contributed by atoms with E-state index in [0.29, 0.717) is 19.3 Å².